The minimum Gasteiger partial charge on any atom is -0.457 e. The van der Waals surface area contributed by atoms with Crippen LogP contribution in [-0.4, -0.2) is 30.1 Å². The first-order chi connectivity index (χ1) is 9.51. The molecule has 0 saturated carbocycles. The molecule has 0 saturated heterocycles. The van der Waals surface area contributed by atoms with E-state index in [1.165, 1.54) is 5.56 Å². The third-order valence-corrected chi connectivity index (χ3v) is 3.43. The van der Waals surface area contributed by atoms with Crippen molar-refractivity contribution in [2.75, 3.05) is 13.1 Å². The van der Waals surface area contributed by atoms with E-state index in [1.807, 2.05) is 25.1 Å². The van der Waals surface area contributed by atoms with E-state index in [9.17, 15) is 4.79 Å². The van der Waals surface area contributed by atoms with Crippen molar-refractivity contribution in [3.63, 3.8) is 0 Å². The normalized spacial score (nSPS) is 13.2. The number of carbonyl (C=O) groups excluding carboxylic acids is 1. The van der Waals surface area contributed by atoms with Gasteiger partial charge in [0.25, 0.3) is 0 Å². The number of hydrogen-bond donors (Lipinski definition) is 0. The fraction of sp³-hybridized carbons (Fsp3) is 0.471. The van der Waals surface area contributed by atoms with Gasteiger partial charge in [0, 0.05) is 5.57 Å². The van der Waals surface area contributed by atoms with Crippen molar-refractivity contribution in [2.45, 2.75) is 39.8 Å². The molecule has 1 rings (SSSR count). The van der Waals surface area contributed by atoms with Crippen molar-refractivity contribution in [3.05, 3.63) is 48.0 Å². The van der Waals surface area contributed by atoms with E-state index in [0.29, 0.717) is 5.57 Å². The summed E-state index contributed by atoms with van der Waals surface area (Å²) in [5.41, 5.74) is 1.60. The Bertz CT molecular complexity index is 443. The van der Waals surface area contributed by atoms with Gasteiger partial charge in [0.2, 0.25) is 0 Å². The maximum absolute atomic E-state index is 11.7. The highest BCUT2D eigenvalue weighted by Crippen LogP contribution is 2.26. The Labute approximate surface area is 134 Å². The second kappa shape index (κ2) is 9.59. The Morgan fingerprint density at radius 1 is 1.24 bits per heavy atom. The molecule has 0 aliphatic rings. The number of likely N-dealkylation sites (N-methyl/N-ethyl adjacent to an activating group) is 1. The summed E-state index contributed by atoms with van der Waals surface area (Å²) < 4.78 is 5.53. The molecular formula is C17H26ClNO2. The molecule has 118 valence electrons. The number of halogens is 1. The highest BCUT2D eigenvalue weighted by molar-refractivity contribution is 5.87. The number of benzene rings is 1. The lowest BCUT2D eigenvalue weighted by Gasteiger charge is -2.34. The SMILES string of the molecule is C=C(C)C(=O)OC(C)C(c1ccccc1)N(CC)CC.Cl. The Kier molecular flexibility index (Phi) is 8.98. The summed E-state index contributed by atoms with van der Waals surface area (Å²) in [5.74, 6) is -0.328. The summed E-state index contributed by atoms with van der Waals surface area (Å²) in [4.78, 5) is 14.0. The van der Waals surface area contributed by atoms with Gasteiger partial charge in [0.1, 0.15) is 6.10 Å². The van der Waals surface area contributed by atoms with Crippen molar-refractivity contribution in [1.82, 2.24) is 4.90 Å². The fourth-order valence-electron chi connectivity index (χ4n) is 2.38. The lowest BCUT2D eigenvalue weighted by Crippen LogP contribution is -2.37. The largest absolute Gasteiger partial charge is 0.457 e. The van der Waals surface area contributed by atoms with E-state index in [2.05, 4.69) is 37.5 Å². The van der Waals surface area contributed by atoms with Crippen LogP contribution in [-0.2, 0) is 9.53 Å². The summed E-state index contributed by atoms with van der Waals surface area (Å²) in [6.07, 6.45) is -0.221. The number of esters is 1. The van der Waals surface area contributed by atoms with Crippen LogP contribution >= 0.6 is 12.4 Å². The van der Waals surface area contributed by atoms with Crippen molar-refractivity contribution in [3.8, 4) is 0 Å². The van der Waals surface area contributed by atoms with Gasteiger partial charge in [0.15, 0.2) is 0 Å². The summed E-state index contributed by atoms with van der Waals surface area (Å²) in [6, 6.07) is 10.2. The molecule has 0 radical (unpaired) electrons. The predicted octanol–water partition coefficient (Wildman–Crippen LogP) is 4.00. The third kappa shape index (κ3) is 5.52. The zero-order valence-corrected chi connectivity index (χ0v) is 14.2. The topological polar surface area (TPSA) is 29.5 Å². The molecule has 4 heteroatoms. The van der Waals surface area contributed by atoms with E-state index in [1.54, 1.807) is 6.92 Å². The van der Waals surface area contributed by atoms with Gasteiger partial charge in [-0.25, -0.2) is 4.79 Å². The Balaban J connectivity index is 0.00000400. The number of hydrogen-bond acceptors (Lipinski definition) is 3. The van der Waals surface area contributed by atoms with E-state index in [0.717, 1.165) is 13.1 Å². The van der Waals surface area contributed by atoms with Crippen LogP contribution in [0.1, 0.15) is 39.3 Å². The first-order valence-electron chi connectivity index (χ1n) is 7.16. The van der Waals surface area contributed by atoms with E-state index < -0.39 is 0 Å². The summed E-state index contributed by atoms with van der Waals surface area (Å²) >= 11 is 0. The van der Waals surface area contributed by atoms with E-state index >= 15 is 0 Å². The Morgan fingerprint density at radius 2 is 1.76 bits per heavy atom. The van der Waals surface area contributed by atoms with Crippen LogP contribution in [0.5, 0.6) is 0 Å². The van der Waals surface area contributed by atoms with Gasteiger partial charge in [-0.05, 0) is 32.5 Å². The first kappa shape index (κ1) is 19.7. The lowest BCUT2D eigenvalue weighted by atomic mass is 10.0. The molecule has 2 atom stereocenters. The number of rotatable bonds is 7. The van der Waals surface area contributed by atoms with Gasteiger partial charge in [-0.2, -0.15) is 0 Å². The smallest absolute Gasteiger partial charge is 0.333 e. The van der Waals surface area contributed by atoms with Gasteiger partial charge < -0.3 is 4.74 Å². The molecule has 0 spiro atoms. The molecule has 2 unspecified atom stereocenters. The Hall–Kier alpha value is -1.32. The van der Waals surface area contributed by atoms with Crippen molar-refractivity contribution >= 4 is 18.4 Å². The second-order valence-electron chi connectivity index (χ2n) is 4.97. The maximum atomic E-state index is 11.7. The third-order valence-electron chi connectivity index (χ3n) is 3.43. The van der Waals surface area contributed by atoms with Crippen LogP contribution in [0.2, 0.25) is 0 Å². The van der Waals surface area contributed by atoms with Gasteiger partial charge in [0.05, 0.1) is 6.04 Å². The first-order valence-corrected chi connectivity index (χ1v) is 7.16. The average molecular weight is 312 g/mol. The second-order valence-corrected chi connectivity index (χ2v) is 4.97. The molecule has 21 heavy (non-hydrogen) atoms. The quantitative estimate of drug-likeness (QED) is 0.563. The van der Waals surface area contributed by atoms with Gasteiger partial charge >= 0.3 is 5.97 Å². The van der Waals surface area contributed by atoms with Crippen molar-refractivity contribution in [1.29, 1.82) is 0 Å². The highest BCUT2D eigenvalue weighted by atomic mass is 35.5. The van der Waals surface area contributed by atoms with Crippen molar-refractivity contribution < 1.29 is 9.53 Å². The number of nitrogens with zero attached hydrogens (tertiary/aromatic N) is 1. The monoisotopic (exact) mass is 311 g/mol. The van der Waals surface area contributed by atoms with E-state index in [-0.39, 0.29) is 30.5 Å². The Morgan fingerprint density at radius 3 is 2.19 bits per heavy atom. The summed E-state index contributed by atoms with van der Waals surface area (Å²) in [6.45, 7) is 13.3. The lowest BCUT2D eigenvalue weighted by molar-refractivity contribution is -0.146. The van der Waals surface area contributed by atoms with Crippen LogP contribution in [0, 0.1) is 0 Å². The maximum Gasteiger partial charge on any atom is 0.333 e. The van der Waals surface area contributed by atoms with Crippen LogP contribution in [0.25, 0.3) is 0 Å². The molecule has 0 heterocycles. The van der Waals surface area contributed by atoms with Crippen LogP contribution in [0.15, 0.2) is 42.5 Å². The minimum atomic E-state index is -0.328. The minimum absolute atomic E-state index is 0. The molecule has 0 aromatic heterocycles. The van der Waals surface area contributed by atoms with Crippen molar-refractivity contribution in [2.24, 2.45) is 0 Å². The molecule has 1 aromatic carbocycles. The molecule has 0 fully saturated rings. The van der Waals surface area contributed by atoms with Gasteiger partial charge in [-0.1, -0.05) is 50.8 Å². The molecule has 1 aromatic rings. The number of ether oxygens (including phenoxy) is 1. The number of carbonyl (C=O) groups is 1. The highest BCUT2D eigenvalue weighted by Gasteiger charge is 2.27. The molecule has 0 bridgehead atoms. The molecule has 0 N–H and O–H groups in total. The molecule has 0 aliphatic carbocycles. The molecule has 3 nitrogen and oxygen atoms in total. The molecular weight excluding hydrogens is 286 g/mol. The predicted molar refractivity (Wildman–Crippen MR) is 89.7 cm³/mol. The van der Waals surface area contributed by atoms with Gasteiger partial charge in [-0.15, -0.1) is 12.4 Å². The zero-order valence-electron chi connectivity index (χ0n) is 13.3. The van der Waals surface area contributed by atoms with E-state index in [4.69, 9.17) is 4.74 Å². The fourth-order valence-corrected chi connectivity index (χ4v) is 2.38. The van der Waals surface area contributed by atoms with Crippen LogP contribution in [0.4, 0.5) is 0 Å². The zero-order chi connectivity index (χ0) is 15.1. The summed E-state index contributed by atoms with van der Waals surface area (Å²) in [5, 5.41) is 0. The summed E-state index contributed by atoms with van der Waals surface area (Å²) in [7, 11) is 0. The van der Waals surface area contributed by atoms with Crippen LogP contribution in [0.3, 0.4) is 0 Å². The molecule has 0 amide bonds. The standard InChI is InChI=1S/C17H25NO2.ClH/c1-6-18(7-2)16(15-11-9-8-10-12-15)14(5)20-17(19)13(3)4;/h8-12,14,16H,3,6-7H2,1-2,4-5H3;1H. The van der Waals surface area contributed by atoms with Crippen LogP contribution < -0.4 is 0 Å². The van der Waals surface area contributed by atoms with Gasteiger partial charge in [-0.3, -0.25) is 4.90 Å². The average Bonchev–Trinajstić information content (AvgIpc) is 2.45. The molecule has 0 aliphatic heterocycles.